The van der Waals surface area contributed by atoms with Crippen LogP contribution in [0.25, 0.3) is 10.2 Å². The summed E-state index contributed by atoms with van der Waals surface area (Å²) in [6.45, 7) is 5.45. The molecule has 0 radical (unpaired) electrons. The quantitative estimate of drug-likeness (QED) is 0.835. The van der Waals surface area contributed by atoms with Gasteiger partial charge in [-0.05, 0) is 45.9 Å². The van der Waals surface area contributed by atoms with Crippen LogP contribution in [0.5, 0.6) is 0 Å². The summed E-state index contributed by atoms with van der Waals surface area (Å²) >= 11 is 1.70. The first-order valence-corrected chi connectivity index (χ1v) is 7.98. The molecule has 108 valence electrons. The monoisotopic (exact) mass is 290 g/mol. The molecule has 2 unspecified atom stereocenters. The Hall–Kier alpha value is -1.33. The Morgan fingerprint density at radius 3 is 3.00 bits per heavy atom. The molecule has 5 heteroatoms. The zero-order chi connectivity index (χ0) is 14.3. The molecule has 0 spiro atoms. The number of anilines is 2. The van der Waals surface area contributed by atoms with Crippen LogP contribution in [0.4, 0.5) is 11.4 Å². The lowest BCUT2D eigenvalue weighted by Gasteiger charge is -2.36. The van der Waals surface area contributed by atoms with E-state index in [9.17, 15) is 0 Å². The number of nitrogens with two attached hydrogens (primary N) is 1. The Morgan fingerprint density at radius 1 is 1.45 bits per heavy atom. The second-order valence-corrected chi connectivity index (χ2v) is 7.07. The minimum atomic E-state index is 0.501. The second-order valence-electron chi connectivity index (χ2n) is 5.84. The van der Waals surface area contributed by atoms with Gasteiger partial charge in [-0.1, -0.05) is 0 Å². The molecule has 0 aliphatic carbocycles. The molecule has 0 amide bonds. The van der Waals surface area contributed by atoms with Gasteiger partial charge < -0.3 is 16.0 Å². The third-order valence-corrected chi connectivity index (χ3v) is 5.17. The number of aryl methyl sites for hydroxylation is 1. The van der Waals surface area contributed by atoms with Gasteiger partial charge >= 0.3 is 0 Å². The van der Waals surface area contributed by atoms with Gasteiger partial charge in [-0.25, -0.2) is 4.98 Å². The topological polar surface area (TPSA) is 54.2 Å². The van der Waals surface area contributed by atoms with E-state index in [0.717, 1.165) is 41.3 Å². The number of hydrogen-bond donors (Lipinski definition) is 2. The summed E-state index contributed by atoms with van der Waals surface area (Å²) in [5.74, 6) is 0. The summed E-state index contributed by atoms with van der Waals surface area (Å²) in [6, 6.07) is 5.26. The van der Waals surface area contributed by atoms with Crippen molar-refractivity contribution in [1.29, 1.82) is 0 Å². The number of thiazole rings is 1. The first kappa shape index (κ1) is 13.6. The fourth-order valence-electron chi connectivity index (χ4n) is 2.87. The number of nitrogen functional groups attached to an aromatic ring is 1. The van der Waals surface area contributed by atoms with E-state index in [1.807, 2.05) is 13.0 Å². The molecule has 1 aromatic carbocycles. The van der Waals surface area contributed by atoms with E-state index in [0.29, 0.717) is 12.1 Å². The highest BCUT2D eigenvalue weighted by molar-refractivity contribution is 7.18. The van der Waals surface area contributed by atoms with Crippen molar-refractivity contribution in [2.75, 3.05) is 24.6 Å². The first-order valence-electron chi connectivity index (χ1n) is 7.16. The molecule has 0 saturated carbocycles. The first-order chi connectivity index (χ1) is 9.52. The highest BCUT2D eigenvalue weighted by Gasteiger charge is 2.23. The summed E-state index contributed by atoms with van der Waals surface area (Å²) in [7, 11) is 2.19. The van der Waals surface area contributed by atoms with Crippen molar-refractivity contribution < 1.29 is 0 Å². The molecule has 3 rings (SSSR count). The molecule has 20 heavy (non-hydrogen) atoms. The number of nitrogens with one attached hydrogen (secondary N) is 1. The van der Waals surface area contributed by atoms with Crippen LogP contribution < -0.4 is 11.1 Å². The number of nitrogens with zero attached hydrogens (tertiary/aromatic N) is 2. The molecule has 3 N–H and O–H groups in total. The van der Waals surface area contributed by atoms with Crippen molar-refractivity contribution >= 4 is 32.9 Å². The van der Waals surface area contributed by atoms with Crippen molar-refractivity contribution in [2.45, 2.75) is 38.8 Å². The van der Waals surface area contributed by atoms with Crippen molar-refractivity contribution in [1.82, 2.24) is 9.88 Å². The Labute approximate surface area is 124 Å². The van der Waals surface area contributed by atoms with E-state index in [4.69, 9.17) is 5.73 Å². The molecule has 0 bridgehead atoms. The highest BCUT2D eigenvalue weighted by Crippen LogP contribution is 2.31. The van der Waals surface area contributed by atoms with Gasteiger partial charge in [0.2, 0.25) is 0 Å². The Kier molecular flexibility index (Phi) is 3.56. The normalized spacial score (nSPS) is 24.1. The van der Waals surface area contributed by atoms with E-state index >= 15 is 0 Å². The maximum absolute atomic E-state index is 6.18. The molecule has 1 aliphatic rings. The molecule has 2 heterocycles. The molecule has 2 aromatic rings. The lowest BCUT2D eigenvalue weighted by molar-refractivity contribution is 0.190. The van der Waals surface area contributed by atoms with Crippen LogP contribution in [0.2, 0.25) is 0 Å². The fraction of sp³-hybridized carbons (Fsp3) is 0.533. The van der Waals surface area contributed by atoms with Crippen molar-refractivity contribution in [3.63, 3.8) is 0 Å². The zero-order valence-corrected chi connectivity index (χ0v) is 13.1. The van der Waals surface area contributed by atoms with Gasteiger partial charge in [0.25, 0.3) is 0 Å². The summed E-state index contributed by atoms with van der Waals surface area (Å²) in [4.78, 5) is 6.96. The maximum Gasteiger partial charge on any atom is 0.0907 e. The van der Waals surface area contributed by atoms with Crippen LogP contribution >= 0.6 is 11.3 Å². The van der Waals surface area contributed by atoms with Gasteiger partial charge in [0.05, 0.1) is 26.6 Å². The summed E-state index contributed by atoms with van der Waals surface area (Å²) < 4.78 is 1.17. The molecule has 1 aromatic heterocycles. The average Bonchev–Trinajstić information content (AvgIpc) is 2.73. The second kappa shape index (κ2) is 5.22. The Morgan fingerprint density at radius 2 is 2.25 bits per heavy atom. The van der Waals surface area contributed by atoms with Gasteiger partial charge in [0, 0.05) is 18.6 Å². The van der Waals surface area contributed by atoms with Crippen LogP contribution in [0.15, 0.2) is 12.1 Å². The van der Waals surface area contributed by atoms with Gasteiger partial charge in [0.15, 0.2) is 0 Å². The fourth-order valence-corrected chi connectivity index (χ4v) is 3.73. The van der Waals surface area contributed by atoms with Crippen LogP contribution in [0.1, 0.15) is 24.8 Å². The van der Waals surface area contributed by atoms with E-state index in [-0.39, 0.29) is 0 Å². The van der Waals surface area contributed by atoms with E-state index < -0.39 is 0 Å². The van der Waals surface area contributed by atoms with Crippen LogP contribution in [0, 0.1) is 6.92 Å². The van der Waals surface area contributed by atoms with Crippen LogP contribution in [-0.2, 0) is 0 Å². The minimum absolute atomic E-state index is 0.501. The van der Waals surface area contributed by atoms with Gasteiger partial charge in [-0.3, -0.25) is 0 Å². The summed E-state index contributed by atoms with van der Waals surface area (Å²) in [5, 5.41) is 4.70. The lowest BCUT2D eigenvalue weighted by atomic mass is 9.98. The Bertz CT molecular complexity index is 622. The number of likely N-dealkylation sites (tertiary alicyclic amines) is 1. The number of hydrogen-bond acceptors (Lipinski definition) is 5. The standard InChI is InChI=1S/C15H22N4S/c1-9-6-11(4-5-19(9)3)18-13-8-14-15(7-12(13)16)20-10(2)17-14/h7-9,11,18H,4-6,16H2,1-3H3. The average molecular weight is 290 g/mol. The number of rotatable bonds is 2. The molecule has 4 nitrogen and oxygen atoms in total. The minimum Gasteiger partial charge on any atom is -0.397 e. The maximum atomic E-state index is 6.18. The summed E-state index contributed by atoms with van der Waals surface area (Å²) in [5.41, 5.74) is 9.09. The van der Waals surface area contributed by atoms with Crippen LogP contribution in [0.3, 0.4) is 0 Å². The molecule has 2 atom stereocenters. The van der Waals surface area contributed by atoms with E-state index in [1.54, 1.807) is 11.3 Å². The molecular formula is C15H22N4S. The van der Waals surface area contributed by atoms with Crippen molar-refractivity contribution in [3.05, 3.63) is 17.1 Å². The molecular weight excluding hydrogens is 268 g/mol. The third kappa shape index (κ3) is 2.60. The largest absolute Gasteiger partial charge is 0.397 e. The van der Waals surface area contributed by atoms with Gasteiger partial charge in [-0.2, -0.15) is 0 Å². The highest BCUT2D eigenvalue weighted by atomic mass is 32.1. The number of fused-ring (bicyclic) bond motifs is 1. The van der Waals surface area contributed by atoms with E-state index in [2.05, 4.69) is 35.2 Å². The van der Waals surface area contributed by atoms with Crippen molar-refractivity contribution in [3.8, 4) is 0 Å². The zero-order valence-electron chi connectivity index (χ0n) is 12.3. The number of aromatic nitrogens is 1. The predicted molar refractivity (Wildman–Crippen MR) is 87.5 cm³/mol. The van der Waals surface area contributed by atoms with Crippen molar-refractivity contribution in [2.24, 2.45) is 0 Å². The molecule has 1 aliphatic heterocycles. The number of benzene rings is 1. The lowest BCUT2D eigenvalue weighted by Crippen LogP contribution is -2.42. The summed E-state index contributed by atoms with van der Waals surface area (Å²) in [6.07, 6.45) is 2.32. The van der Waals surface area contributed by atoms with Gasteiger partial charge in [-0.15, -0.1) is 11.3 Å². The smallest absolute Gasteiger partial charge is 0.0907 e. The Balaban J connectivity index is 1.81. The SMILES string of the molecule is Cc1nc2cc(NC3CCN(C)C(C)C3)c(N)cc2s1. The van der Waals surface area contributed by atoms with Crippen LogP contribution in [-0.4, -0.2) is 35.6 Å². The molecule has 1 fully saturated rings. The third-order valence-electron chi connectivity index (χ3n) is 4.23. The molecule has 1 saturated heterocycles. The predicted octanol–water partition coefficient (Wildman–Crippen LogP) is 3.08. The van der Waals surface area contributed by atoms with E-state index in [1.165, 1.54) is 4.70 Å². The number of piperidine rings is 1. The van der Waals surface area contributed by atoms with Gasteiger partial charge in [0.1, 0.15) is 0 Å².